The van der Waals surface area contributed by atoms with E-state index in [4.69, 9.17) is 9.47 Å². The number of carbonyl (C=O) groups excluding carboxylic acids is 1. The highest BCUT2D eigenvalue weighted by atomic mass is 16.5. The molecule has 5 heteroatoms. The highest BCUT2D eigenvalue weighted by molar-refractivity contribution is 5.95. The van der Waals surface area contributed by atoms with Crippen LogP contribution in [0.5, 0.6) is 11.5 Å². The summed E-state index contributed by atoms with van der Waals surface area (Å²) in [5.41, 5.74) is 0.636. The molecule has 1 aromatic carbocycles. The first kappa shape index (κ1) is 15.6. The van der Waals surface area contributed by atoms with E-state index >= 15 is 0 Å². The van der Waals surface area contributed by atoms with E-state index in [0.29, 0.717) is 23.1 Å². The second-order valence-corrected chi connectivity index (χ2v) is 5.64. The van der Waals surface area contributed by atoms with Gasteiger partial charge in [0.05, 0.1) is 13.2 Å². The van der Waals surface area contributed by atoms with Gasteiger partial charge in [-0.3, -0.25) is 4.79 Å². The van der Waals surface area contributed by atoms with Gasteiger partial charge in [-0.25, -0.2) is 0 Å². The van der Waals surface area contributed by atoms with Gasteiger partial charge in [-0.05, 0) is 39.0 Å². The van der Waals surface area contributed by atoms with Crippen LogP contribution in [0.3, 0.4) is 0 Å². The first-order valence-electron chi connectivity index (χ1n) is 7.38. The number of nitrogens with zero attached hydrogens (tertiary/aromatic N) is 1. The standard InChI is InChI=1S/C16H24N2O3/c1-11(2)21-14-6-5-13(9-15(14)20-4)16(19)18-8-7-17-12(3)10-18/h5-6,9,11-12,17H,7-8,10H2,1-4H3. The van der Waals surface area contributed by atoms with Crippen molar-refractivity contribution in [2.45, 2.75) is 32.9 Å². The van der Waals surface area contributed by atoms with Crippen molar-refractivity contribution in [1.29, 1.82) is 0 Å². The maximum Gasteiger partial charge on any atom is 0.254 e. The highest BCUT2D eigenvalue weighted by Crippen LogP contribution is 2.29. The molecule has 1 heterocycles. The van der Waals surface area contributed by atoms with Gasteiger partial charge in [0.2, 0.25) is 0 Å². The number of piperazine rings is 1. The molecule has 1 aliphatic heterocycles. The fraction of sp³-hybridized carbons (Fsp3) is 0.562. The molecule has 1 unspecified atom stereocenters. The van der Waals surface area contributed by atoms with E-state index < -0.39 is 0 Å². The Kier molecular flexibility index (Phi) is 5.07. The Labute approximate surface area is 126 Å². The van der Waals surface area contributed by atoms with E-state index in [0.717, 1.165) is 19.6 Å². The zero-order valence-corrected chi connectivity index (χ0v) is 13.2. The van der Waals surface area contributed by atoms with Gasteiger partial charge in [-0.2, -0.15) is 0 Å². The lowest BCUT2D eigenvalue weighted by Crippen LogP contribution is -2.51. The van der Waals surface area contributed by atoms with Crippen LogP contribution < -0.4 is 14.8 Å². The summed E-state index contributed by atoms with van der Waals surface area (Å²) in [4.78, 5) is 14.4. The minimum absolute atomic E-state index is 0.0396. The van der Waals surface area contributed by atoms with E-state index in [1.54, 1.807) is 25.3 Å². The molecule has 21 heavy (non-hydrogen) atoms. The number of amides is 1. The lowest BCUT2D eigenvalue weighted by molar-refractivity contribution is 0.0708. The quantitative estimate of drug-likeness (QED) is 0.921. The van der Waals surface area contributed by atoms with Crippen molar-refractivity contribution in [3.63, 3.8) is 0 Å². The SMILES string of the molecule is COc1cc(C(=O)N2CCNC(C)C2)ccc1OC(C)C. The minimum Gasteiger partial charge on any atom is -0.493 e. The Bertz CT molecular complexity index is 502. The van der Waals surface area contributed by atoms with Crippen LogP contribution in [0.25, 0.3) is 0 Å². The zero-order chi connectivity index (χ0) is 15.4. The Hall–Kier alpha value is -1.75. The molecule has 1 fully saturated rings. The topological polar surface area (TPSA) is 50.8 Å². The van der Waals surface area contributed by atoms with Gasteiger partial charge < -0.3 is 19.7 Å². The molecule has 1 atom stereocenters. The predicted molar refractivity (Wildman–Crippen MR) is 82.1 cm³/mol. The summed E-state index contributed by atoms with van der Waals surface area (Å²) in [6, 6.07) is 5.69. The zero-order valence-electron chi connectivity index (χ0n) is 13.2. The fourth-order valence-electron chi connectivity index (χ4n) is 2.45. The van der Waals surface area contributed by atoms with Crippen LogP contribution >= 0.6 is 0 Å². The second kappa shape index (κ2) is 6.80. The molecule has 1 saturated heterocycles. The Balaban J connectivity index is 2.17. The smallest absolute Gasteiger partial charge is 0.254 e. The number of rotatable bonds is 4. The van der Waals surface area contributed by atoms with Crippen molar-refractivity contribution >= 4 is 5.91 Å². The summed E-state index contributed by atoms with van der Waals surface area (Å²) in [5, 5.41) is 3.33. The molecule has 1 aliphatic rings. The average molecular weight is 292 g/mol. The molecular formula is C16H24N2O3. The lowest BCUT2D eigenvalue weighted by Gasteiger charge is -2.32. The van der Waals surface area contributed by atoms with E-state index in [-0.39, 0.29) is 12.0 Å². The van der Waals surface area contributed by atoms with Crippen molar-refractivity contribution in [2.75, 3.05) is 26.7 Å². The summed E-state index contributed by atoms with van der Waals surface area (Å²) >= 11 is 0. The predicted octanol–water partition coefficient (Wildman–Crippen LogP) is 1.92. The molecular weight excluding hydrogens is 268 g/mol. The number of benzene rings is 1. The largest absolute Gasteiger partial charge is 0.493 e. The summed E-state index contributed by atoms with van der Waals surface area (Å²) < 4.78 is 11.0. The van der Waals surface area contributed by atoms with E-state index in [2.05, 4.69) is 12.2 Å². The van der Waals surface area contributed by atoms with Gasteiger partial charge in [0.1, 0.15) is 0 Å². The van der Waals surface area contributed by atoms with Gasteiger partial charge in [0.25, 0.3) is 5.91 Å². The number of hydrogen-bond donors (Lipinski definition) is 1. The monoisotopic (exact) mass is 292 g/mol. The van der Waals surface area contributed by atoms with E-state index in [9.17, 15) is 4.79 Å². The van der Waals surface area contributed by atoms with Crippen LogP contribution in [0.4, 0.5) is 0 Å². The fourth-order valence-corrected chi connectivity index (χ4v) is 2.45. The van der Waals surface area contributed by atoms with Gasteiger partial charge in [-0.15, -0.1) is 0 Å². The van der Waals surface area contributed by atoms with Crippen molar-refractivity contribution < 1.29 is 14.3 Å². The molecule has 0 aliphatic carbocycles. The third-order valence-corrected chi connectivity index (χ3v) is 3.43. The number of nitrogens with one attached hydrogen (secondary N) is 1. The van der Waals surface area contributed by atoms with Crippen molar-refractivity contribution in [1.82, 2.24) is 10.2 Å². The van der Waals surface area contributed by atoms with Crippen molar-refractivity contribution in [2.24, 2.45) is 0 Å². The maximum absolute atomic E-state index is 12.5. The first-order chi connectivity index (χ1) is 10.0. The summed E-state index contributed by atoms with van der Waals surface area (Å²) in [6.45, 7) is 8.29. The lowest BCUT2D eigenvalue weighted by atomic mass is 10.1. The second-order valence-electron chi connectivity index (χ2n) is 5.64. The molecule has 5 nitrogen and oxygen atoms in total. The molecule has 0 bridgehead atoms. The van der Waals surface area contributed by atoms with Crippen LogP contribution in [0.2, 0.25) is 0 Å². The summed E-state index contributed by atoms with van der Waals surface area (Å²) in [5.74, 6) is 1.30. The Morgan fingerprint density at radius 1 is 1.38 bits per heavy atom. The number of carbonyl (C=O) groups is 1. The summed E-state index contributed by atoms with van der Waals surface area (Å²) in [7, 11) is 1.59. The van der Waals surface area contributed by atoms with Crippen LogP contribution in [0.15, 0.2) is 18.2 Å². The maximum atomic E-state index is 12.5. The molecule has 116 valence electrons. The van der Waals surface area contributed by atoms with Crippen LogP contribution in [-0.2, 0) is 0 Å². The number of hydrogen-bond acceptors (Lipinski definition) is 4. The van der Waals surface area contributed by atoms with Crippen LogP contribution in [-0.4, -0.2) is 49.7 Å². The molecule has 0 radical (unpaired) electrons. The average Bonchev–Trinajstić information content (AvgIpc) is 2.46. The molecule has 2 rings (SSSR count). The van der Waals surface area contributed by atoms with Crippen LogP contribution in [0, 0.1) is 0 Å². The third-order valence-electron chi connectivity index (χ3n) is 3.43. The van der Waals surface area contributed by atoms with Crippen LogP contribution in [0.1, 0.15) is 31.1 Å². The first-order valence-corrected chi connectivity index (χ1v) is 7.38. The van der Waals surface area contributed by atoms with E-state index in [1.807, 2.05) is 18.7 Å². The van der Waals surface area contributed by atoms with Gasteiger partial charge in [-0.1, -0.05) is 0 Å². The Morgan fingerprint density at radius 2 is 2.14 bits per heavy atom. The van der Waals surface area contributed by atoms with Gasteiger partial charge in [0, 0.05) is 31.2 Å². The molecule has 1 N–H and O–H groups in total. The normalized spacial score (nSPS) is 18.7. The van der Waals surface area contributed by atoms with Crippen molar-refractivity contribution in [3.8, 4) is 11.5 Å². The van der Waals surface area contributed by atoms with E-state index in [1.165, 1.54) is 0 Å². The molecule has 1 aromatic rings. The molecule has 0 spiro atoms. The van der Waals surface area contributed by atoms with Gasteiger partial charge >= 0.3 is 0 Å². The van der Waals surface area contributed by atoms with Crippen molar-refractivity contribution in [3.05, 3.63) is 23.8 Å². The molecule has 1 amide bonds. The summed E-state index contributed by atoms with van der Waals surface area (Å²) in [6.07, 6.45) is 0.0643. The third kappa shape index (κ3) is 3.88. The van der Waals surface area contributed by atoms with Gasteiger partial charge in [0.15, 0.2) is 11.5 Å². The number of methoxy groups -OCH3 is 1. The number of ether oxygens (including phenoxy) is 2. The molecule has 0 saturated carbocycles. The Morgan fingerprint density at radius 3 is 2.76 bits per heavy atom. The molecule has 0 aromatic heterocycles. The minimum atomic E-state index is 0.0396. The highest BCUT2D eigenvalue weighted by Gasteiger charge is 2.22.